The van der Waals surface area contributed by atoms with Gasteiger partial charge in [0.1, 0.15) is 18.0 Å². The number of hydrogen-bond donors (Lipinski definition) is 1. The summed E-state index contributed by atoms with van der Waals surface area (Å²) in [4.78, 5) is 6.35. The smallest absolute Gasteiger partial charge is 0.141 e. The molecular weight excluding hydrogens is 285 g/mol. The number of nitrogens with zero attached hydrogens (tertiary/aromatic N) is 4. The summed E-state index contributed by atoms with van der Waals surface area (Å²) in [6, 6.07) is 6.36. The second-order valence-corrected chi connectivity index (χ2v) is 5.32. The van der Waals surface area contributed by atoms with Crippen molar-refractivity contribution in [3.8, 4) is 6.07 Å². The van der Waals surface area contributed by atoms with Gasteiger partial charge in [-0.25, -0.2) is 9.37 Å². The van der Waals surface area contributed by atoms with Crippen molar-refractivity contribution in [2.24, 2.45) is 0 Å². The summed E-state index contributed by atoms with van der Waals surface area (Å²) in [6.45, 7) is 1.16. The summed E-state index contributed by atoms with van der Waals surface area (Å²) in [7, 11) is 1.68. The van der Waals surface area contributed by atoms with Gasteiger partial charge >= 0.3 is 0 Å². The fourth-order valence-corrected chi connectivity index (χ4v) is 2.89. The Hall–Kier alpha value is -2.30. The van der Waals surface area contributed by atoms with Crippen LogP contribution < -0.4 is 0 Å². The Balaban J connectivity index is 1.86. The van der Waals surface area contributed by atoms with E-state index in [1.807, 2.05) is 0 Å². The van der Waals surface area contributed by atoms with Gasteiger partial charge in [0, 0.05) is 20.2 Å². The first kappa shape index (κ1) is 14.6. The molecule has 22 heavy (non-hydrogen) atoms. The Morgan fingerprint density at radius 3 is 3.09 bits per heavy atom. The number of aromatic amines is 1. The topological polar surface area (TPSA) is 77.8 Å². The zero-order valence-corrected chi connectivity index (χ0v) is 12.2. The van der Waals surface area contributed by atoms with Crippen molar-refractivity contribution in [3.63, 3.8) is 0 Å². The van der Waals surface area contributed by atoms with Crippen LogP contribution in [0.15, 0.2) is 24.5 Å². The lowest BCUT2D eigenvalue weighted by Crippen LogP contribution is -2.25. The van der Waals surface area contributed by atoms with Gasteiger partial charge in [-0.2, -0.15) is 10.4 Å². The standard InChI is InChI=1S/C15H16FN5O/c1-22-13-5-14(15-18-9-19-20-15)21(8-13)7-11-4-12(16)3-2-10(11)6-17/h2-4,9,13-14H,5,7-8H2,1H3,(H,18,19,20)/t13-,14+/m1/s1. The van der Waals surface area contributed by atoms with E-state index in [0.29, 0.717) is 24.2 Å². The van der Waals surface area contributed by atoms with Gasteiger partial charge in [0.15, 0.2) is 0 Å². The number of rotatable bonds is 4. The molecule has 0 spiro atoms. The molecule has 114 valence electrons. The van der Waals surface area contributed by atoms with Gasteiger partial charge in [-0.3, -0.25) is 10.00 Å². The van der Waals surface area contributed by atoms with Crippen molar-refractivity contribution in [1.29, 1.82) is 5.26 Å². The van der Waals surface area contributed by atoms with Crippen LogP contribution in [0, 0.1) is 17.1 Å². The molecule has 0 amide bonds. The van der Waals surface area contributed by atoms with Crippen LogP contribution in [0.1, 0.15) is 29.4 Å². The number of likely N-dealkylation sites (tertiary alicyclic amines) is 1. The van der Waals surface area contributed by atoms with E-state index in [9.17, 15) is 9.65 Å². The van der Waals surface area contributed by atoms with Crippen LogP contribution in [-0.4, -0.2) is 39.8 Å². The lowest BCUT2D eigenvalue weighted by molar-refractivity contribution is 0.107. The Morgan fingerprint density at radius 2 is 2.41 bits per heavy atom. The number of H-pyrrole nitrogens is 1. The normalized spacial score (nSPS) is 21.9. The molecule has 1 aliphatic rings. The maximum atomic E-state index is 13.5. The lowest BCUT2D eigenvalue weighted by atomic mass is 10.1. The zero-order chi connectivity index (χ0) is 15.5. The number of ether oxygens (including phenoxy) is 1. The summed E-state index contributed by atoms with van der Waals surface area (Å²) in [5.41, 5.74) is 1.15. The molecule has 1 aromatic heterocycles. The predicted octanol–water partition coefficient (Wildman–Crippen LogP) is 1.78. The van der Waals surface area contributed by atoms with Crippen LogP contribution in [-0.2, 0) is 11.3 Å². The third-order valence-corrected chi connectivity index (χ3v) is 4.01. The number of nitriles is 1. The highest BCUT2D eigenvalue weighted by Crippen LogP contribution is 2.33. The number of benzene rings is 1. The van der Waals surface area contributed by atoms with E-state index in [2.05, 4.69) is 26.2 Å². The first-order valence-electron chi connectivity index (χ1n) is 7.02. The second kappa shape index (κ2) is 6.22. The van der Waals surface area contributed by atoms with Gasteiger partial charge in [0.05, 0.1) is 23.8 Å². The maximum absolute atomic E-state index is 13.5. The van der Waals surface area contributed by atoms with Crippen LogP contribution in [0.2, 0.25) is 0 Å². The molecule has 2 aromatic rings. The van der Waals surface area contributed by atoms with Gasteiger partial charge < -0.3 is 4.74 Å². The molecule has 0 saturated carbocycles. The highest BCUT2D eigenvalue weighted by Gasteiger charge is 2.35. The summed E-state index contributed by atoms with van der Waals surface area (Å²) in [5.74, 6) is 0.419. The summed E-state index contributed by atoms with van der Waals surface area (Å²) in [6.07, 6.45) is 2.33. The fraction of sp³-hybridized carbons (Fsp3) is 0.400. The van der Waals surface area contributed by atoms with Crippen molar-refractivity contribution in [2.45, 2.75) is 25.1 Å². The molecule has 0 radical (unpaired) electrons. The minimum absolute atomic E-state index is 0.0160. The van der Waals surface area contributed by atoms with E-state index in [0.717, 1.165) is 12.2 Å². The first-order valence-corrected chi connectivity index (χ1v) is 7.02. The SMILES string of the molecule is CO[C@@H]1C[C@@H](c2ncn[nH]2)N(Cc2cc(F)ccc2C#N)C1. The Morgan fingerprint density at radius 1 is 1.55 bits per heavy atom. The van der Waals surface area contributed by atoms with Crippen molar-refractivity contribution in [3.05, 3.63) is 47.3 Å². The zero-order valence-electron chi connectivity index (χ0n) is 12.2. The number of methoxy groups -OCH3 is 1. The van der Waals surface area contributed by atoms with Crippen molar-refractivity contribution >= 4 is 0 Å². The maximum Gasteiger partial charge on any atom is 0.141 e. The minimum Gasteiger partial charge on any atom is -0.380 e. The third kappa shape index (κ3) is 2.84. The molecule has 1 fully saturated rings. The quantitative estimate of drug-likeness (QED) is 0.931. The van der Waals surface area contributed by atoms with E-state index in [4.69, 9.17) is 4.74 Å². The minimum atomic E-state index is -0.340. The van der Waals surface area contributed by atoms with Crippen LogP contribution in [0.5, 0.6) is 0 Å². The van der Waals surface area contributed by atoms with Gasteiger partial charge in [0.25, 0.3) is 0 Å². The van der Waals surface area contributed by atoms with Crippen molar-refractivity contribution < 1.29 is 9.13 Å². The Bertz CT molecular complexity index is 682. The highest BCUT2D eigenvalue weighted by atomic mass is 19.1. The molecule has 2 heterocycles. The van der Waals surface area contributed by atoms with Crippen molar-refractivity contribution in [2.75, 3.05) is 13.7 Å². The molecule has 0 aliphatic carbocycles. The van der Waals surface area contributed by atoms with E-state index >= 15 is 0 Å². The number of aromatic nitrogens is 3. The molecule has 0 bridgehead atoms. The molecule has 7 heteroatoms. The number of hydrogen-bond acceptors (Lipinski definition) is 5. The van der Waals surface area contributed by atoms with Crippen LogP contribution >= 0.6 is 0 Å². The number of halogens is 1. The van der Waals surface area contributed by atoms with E-state index in [-0.39, 0.29) is 18.0 Å². The van der Waals surface area contributed by atoms with E-state index in [1.165, 1.54) is 24.5 Å². The van der Waals surface area contributed by atoms with Crippen LogP contribution in [0.3, 0.4) is 0 Å². The van der Waals surface area contributed by atoms with Gasteiger partial charge in [-0.15, -0.1) is 0 Å². The summed E-state index contributed by atoms with van der Waals surface area (Å²) in [5, 5.41) is 16.0. The molecule has 1 N–H and O–H groups in total. The van der Waals surface area contributed by atoms with Gasteiger partial charge in [0.2, 0.25) is 0 Å². The average molecular weight is 301 g/mol. The number of nitrogens with one attached hydrogen (secondary N) is 1. The second-order valence-electron chi connectivity index (χ2n) is 5.32. The van der Waals surface area contributed by atoms with Gasteiger partial charge in [-0.1, -0.05) is 0 Å². The molecule has 1 aliphatic heterocycles. The lowest BCUT2D eigenvalue weighted by Gasteiger charge is -2.22. The first-order chi connectivity index (χ1) is 10.7. The molecule has 1 saturated heterocycles. The molecular formula is C15H16FN5O. The molecule has 3 rings (SSSR count). The highest BCUT2D eigenvalue weighted by molar-refractivity contribution is 5.38. The van der Waals surface area contributed by atoms with Crippen molar-refractivity contribution in [1.82, 2.24) is 20.1 Å². The predicted molar refractivity (Wildman–Crippen MR) is 76.1 cm³/mol. The molecule has 0 unspecified atom stereocenters. The largest absolute Gasteiger partial charge is 0.380 e. The Labute approximate surface area is 127 Å². The molecule has 6 nitrogen and oxygen atoms in total. The fourth-order valence-electron chi connectivity index (χ4n) is 2.89. The van der Waals surface area contributed by atoms with Crippen LogP contribution in [0.25, 0.3) is 0 Å². The molecule has 2 atom stereocenters. The molecule has 1 aromatic carbocycles. The third-order valence-electron chi connectivity index (χ3n) is 4.01. The Kier molecular flexibility index (Phi) is 4.13. The average Bonchev–Trinajstić information content (AvgIpc) is 3.16. The monoisotopic (exact) mass is 301 g/mol. The van der Waals surface area contributed by atoms with Crippen LogP contribution in [0.4, 0.5) is 4.39 Å². The summed E-state index contributed by atoms with van der Waals surface area (Å²) < 4.78 is 18.9. The van der Waals surface area contributed by atoms with Gasteiger partial charge in [-0.05, 0) is 30.2 Å². The summed E-state index contributed by atoms with van der Waals surface area (Å²) >= 11 is 0. The van der Waals surface area contributed by atoms with E-state index < -0.39 is 0 Å². The van der Waals surface area contributed by atoms with E-state index in [1.54, 1.807) is 7.11 Å².